The van der Waals surface area contributed by atoms with Crippen LogP contribution in [0, 0.1) is 0 Å². The molecule has 4 N–H and O–H groups in total. The van der Waals surface area contributed by atoms with Crippen LogP contribution in [-0.2, 0) is 18.7 Å². The van der Waals surface area contributed by atoms with E-state index in [0.29, 0.717) is 0 Å². The lowest BCUT2D eigenvalue weighted by atomic mass is 10.6. The molecule has 96 valence electrons. The first-order chi connectivity index (χ1) is 7.62. The zero-order valence-electron chi connectivity index (χ0n) is 8.70. The van der Waals surface area contributed by atoms with Gasteiger partial charge in [-0.15, -0.1) is 0 Å². The topological polar surface area (TPSA) is 133 Å². The summed E-state index contributed by atoms with van der Waals surface area (Å²) in [4.78, 5) is 39.9. The van der Waals surface area contributed by atoms with E-state index in [1.807, 2.05) is 0 Å². The molecule has 0 heterocycles. The van der Waals surface area contributed by atoms with Gasteiger partial charge in [-0.3, -0.25) is 28.9 Å². The molecule has 0 radical (unpaired) electrons. The SMILES string of the molecule is C=CC(=O)NP(=O)(O)CP(=O)(O)NC(=O)C=C. The third-order valence-corrected chi connectivity index (χ3v) is 5.53. The molecule has 0 aromatic rings. The van der Waals surface area contributed by atoms with E-state index in [1.165, 1.54) is 0 Å². The average molecular weight is 282 g/mol. The molecule has 0 aliphatic carbocycles. The summed E-state index contributed by atoms with van der Waals surface area (Å²) in [5.41, 5.74) is 0. The van der Waals surface area contributed by atoms with E-state index in [2.05, 4.69) is 13.2 Å². The van der Waals surface area contributed by atoms with E-state index >= 15 is 0 Å². The van der Waals surface area contributed by atoms with Gasteiger partial charge >= 0.3 is 15.0 Å². The third kappa shape index (κ3) is 6.86. The van der Waals surface area contributed by atoms with Crippen molar-refractivity contribution in [3.05, 3.63) is 25.3 Å². The van der Waals surface area contributed by atoms with E-state index in [9.17, 15) is 28.5 Å². The molecule has 2 amide bonds. The zero-order valence-corrected chi connectivity index (χ0v) is 10.5. The number of rotatable bonds is 6. The molecule has 0 spiro atoms. The fourth-order valence-electron chi connectivity index (χ4n) is 0.766. The molecule has 0 aliphatic heterocycles. The van der Waals surface area contributed by atoms with Gasteiger partial charge in [-0.25, -0.2) is 0 Å². The summed E-state index contributed by atoms with van der Waals surface area (Å²) >= 11 is 0. The van der Waals surface area contributed by atoms with Gasteiger partial charge < -0.3 is 9.79 Å². The van der Waals surface area contributed by atoms with Gasteiger partial charge in [-0.2, -0.15) is 0 Å². The van der Waals surface area contributed by atoms with Gasteiger partial charge in [0.2, 0.25) is 11.8 Å². The number of hydrogen-bond acceptors (Lipinski definition) is 4. The first-order valence-electron chi connectivity index (χ1n) is 4.15. The lowest BCUT2D eigenvalue weighted by Crippen LogP contribution is -2.23. The second-order valence-corrected chi connectivity index (χ2v) is 7.29. The summed E-state index contributed by atoms with van der Waals surface area (Å²) in [6, 6.07) is 0. The van der Waals surface area contributed by atoms with Crippen molar-refractivity contribution < 1.29 is 28.5 Å². The second kappa shape index (κ2) is 5.93. The van der Waals surface area contributed by atoms with Gasteiger partial charge in [-0.05, 0) is 12.2 Å². The predicted octanol–water partition coefficient (Wildman–Crippen LogP) is -0.0809. The van der Waals surface area contributed by atoms with E-state index in [0.717, 1.165) is 12.2 Å². The minimum atomic E-state index is -4.39. The van der Waals surface area contributed by atoms with Gasteiger partial charge in [0.25, 0.3) is 0 Å². The van der Waals surface area contributed by atoms with Crippen LogP contribution in [0.1, 0.15) is 0 Å². The van der Waals surface area contributed by atoms with Gasteiger partial charge in [0.1, 0.15) is 5.90 Å². The summed E-state index contributed by atoms with van der Waals surface area (Å²) in [6.07, 6.45) is 1.46. The first-order valence-corrected chi connectivity index (χ1v) is 7.84. The van der Waals surface area contributed by atoms with Gasteiger partial charge in [0.15, 0.2) is 0 Å². The molecule has 0 fully saturated rings. The van der Waals surface area contributed by atoms with Crippen LogP contribution in [0.25, 0.3) is 0 Å². The molecule has 0 aromatic carbocycles. The second-order valence-electron chi connectivity index (χ2n) is 2.90. The summed E-state index contributed by atoms with van der Waals surface area (Å²) in [6.45, 7) is 6.09. The van der Waals surface area contributed by atoms with Gasteiger partial charge in [0, 0.05) is 0 Å². The summed E-state index contributed by atoms with van der Waals surface area (Å²) in [5, 5.41) is 3.20. The van der Waals surface area contributed by atoms with Crippen molar-refractivity contribution in [1.29, 1.82) is 0 Å². The van der Waals surface area contributed by atoms with Crippen LogP contribution in [0.2, 0.25) is 0 Å². The van der Waals surface area contributed by atoms with Crippen LogP contribution in [0.3, 0.4) is 0 Å². The largest absolute Gasteiger partial charge is 0.329 e. The lowest BCUT2D eigenvalue weighted by Gasteiger charge is -2.16. The zero-order chi connectivity index (χ0) is 13.7. The monoisotopic (exact) mass is 282 g/mol. The smallest absolute Gasteiger partial charge is 0.305 e. The van der Waals surface area contributed by atoms with Crippen LogP contribution in [0.15, 0.2) is 25.3 Å². The number of carbonyl (C=O) groups excluding carboxylic acids is 2. The molecule has 0 aliphatic rings. The Morgan fingerprint density at radius 3 is 1.53 bits per heavy atom. The maximum Gasteiger partial charge on any atom is 0.305 e. The summed E-state index contributed by atoms with van der Waals surface area (Å²) < 4.78 is 22.7. The van der Waals surface area contributed by atoms with E-state index in [-0.39, 0.29) is 0 Å². The van der Waals surface area contributed by atoms with Crippen molar-refractivity contribution in [2.45, 2.75) is 0 Å². The third-order valence-electron chi connectivity index (χ3n) is 1.32. The summed E-state index contributed by atoms with van der Waals surface area (Å²) in [7, 11) is -8.77. The van der Waals surface area contributed by atoms with Crippen LogP contribution in [-0.4, -0.2) is 27.5 Å². The molecule has 0 bridgehead atoms. The Kier molecular flexibility index (Phi) is 5.51. The number of carbonyl (C=O) groups is 2. The van der Waals surface area contributed by atoms with Crippen LogP contribution in [0.4, 0.5) is 0 Å². The highest BCUT2D eigenvalue weighted by Crippen LogP contribution is 2.52. The standard InChI is InChI=1S/C7H12N2O6P2/c1-3-6(10)8-16(12,13)5-17(14,15)9-7(11)4-2/h3-4H,1-2,5H2,(H2,8,10,12,13)(H2,9,11,14,15). The predicted molar refractivity (Wildman–Crippen MR) is 61.2 cm³/mol. The molecule has 0 rings (SSSR count). The molecule has 0 saturated heterocycles. The highest BCUT2D eigenvalue weighted by molar-refractivity contribution is 7.73. The molecular weight excluding hydrogens is 270 g/mol. The minimum absolute atomic E-state index is 0.730. The minimum Gasteiger partial charge on any atom is -0.329 e. The number of hydrogen-bond donors (Lipinski definition) is 4. The van der Waals surface area contributed by atoms with Crippen molar-refractivity contribution in [1.82, 2.24) is 10.2 Å². The van der Waals surface area contributed by atoms with Gasteiger partial charge in [0.05, 0.1) is 0 Å². The first kappa shape index (κ1) is 15.8. The molecule has 0 saturated carbocycles. The maximum absolute atomic E-state index is 11.3. The lowest BCUT2D eigenvalue weighted by molar-refractivity contribution is -0.115. The molecule has 2 atom stereocenters. The molecule has 2 unspecified atom stereocenters. The highest BCUT2D eigenvalue weighted by atomic mass is 31.2. The quantitative estimate of drug-likeness (QED) is 0.398. The molecule has 10 heteroatoms. The summed E-state index contributed by atoms with van der Waals surface area (Å²) in [5.74, 6) is -3.11. The van der Waals surface area contributed by atoms with E-state index in [1.54, 1.807) is 10.2 Å². The van der Waals surface area contributed by atoms with Crippen molar-refractivity contribution in [2.24, 2.45) is 0 Å². The van der Waals surface area contributed by atoms with Crippen LogP contribution >= 0.6 is 15.0 Å². The Bertz CT molecular complexity index is 406. The van der Waals surface area contributed by atoms with Gasteiger partial charge in [-0.1, -0.05) is 13.2 Å². The Hall–Kier alpha value is -1.20. The van der Waals surface area contributed by atoms with Crippen molar-refractivity contribution in [3.8, 4) is 0 Å². The Morgan fingerprint density at radius 1 is 1.00 bits per heavy atom. The molecular formula is C7H12N2O6P2. The number of amides is 2. The molecule has 8 nitrogen and oxygen atoms in total. The van der Waals surface area contributed by atoms with Crippen molar-refractivity contribution in [2.75, 3.05) is 5.90 Å². The van der Waals surface area contributed by atoms with Crippen molar-refractivity contribution in [3.63, 3.8) is 0 Å². The Balaban J connectivity index is 4.69. The number of nitrogens with one attached hydrogen (secondary N) is 2. The van der Waals surface area contributed by atoms with E-state index < -0.39 is 32.8 Å². The van der Waals surface area contributed by atoms with Crippen molar-refractivity contribution >= 4 is 26.9 Å². The Labute approximate surface area is 97.4 Å². The average Bonchev–Trinajstić information content (AvgIpc) is 2.13. The van der Waals surface area contributed by atoms with E-state index in [4.69, 9.17) is 0 Å². The molecule has 0 aromatic heterocycles. The van der Waals surface area contributed by atoms with Crippen LogP contribution in [0.5, 0.6) is 0 Å². The molecule has 17 heavy (non-hydrogen) atoms. The highest BCUT2D eigenvalue weighted by Gasteiger charge is 2.33. The fraction of sp³-hybridized carbons (Fsp3) is 0.143. The Morgan fingerprint density at radius 2 is 1.29 bits per heavy atom. The normalized spacial score (nSPS) is 17.1. The fourth-order valence-corrected chi connectivity index (χ4v) is 4.28. The maximum atomic E-state index is 11.3. The van der Waals surface area contributed by atoms with Crippen LogP contribution < -0.4 is 10.2 Å².